The number of alkyl halides is 2. The van der Waals surface area contributed by atoms with E-state index in [4.69, 9.17) is 0 Å². The van der Waals surface area contributed by atoms with Crippen molar-refractivity contribution in [3.8, 4) is 0 Å². The maximum Gasteiger partial charge on any atom is 0.243 e. The molecule has 2 unspecified atom stereocenters. The van der Waals surface area contributed by atoms with E-state index >= 15 is 0 Å². The predicted octanol–water partition coefficient (Wildman–Crippen LogP) is 3.82. The fourth-order valence-electron chi connectivity index (χ4n) is 1.76. The van der Waals surface area contributed by atoms with Crippen LogP contribution in [0.25, 0.3) is 0 Å². The SMILES string of the molecule is CC(C)Cc1ccc(C(O)C(C)C(F)F)cc1. The molecular formula is C14H20F2O. The molecule has 0 spiro atoms. The second-order valence-electron chi connectivity index (χ2n) is 4.98. The van der Waals surface area contributed by atoms with E-state index in [0.717, 1.165) is 6.42 Å². The molecule has 1 aromatic rings. The molecule has 17 heavy (non-hydrogen) atoms. The van der Waals surface area contributed by atoms with Crippen LogP contribution >= 0.6 is 0 Å². The van der Waals surface area contributed by atoms with Crippen molar-refractivity contribution < 1.29 is 13.9 Å². The third-order valence-electron chi connectivity index (χ3n) is 2.86. The summed E-state index contributed by atoms with van der Waals surface area (Å²) in [5.41, 5.74) is 1.73. The van der Waals surface area contributed by atoms with Crippen LogP contribution in [0.4, 0.5) is 8.78 Å². The Balaban J connectivity index is 2.73. The van der Waals surface area contributed by atoms with Gasteiger partial charge in [0, 0.05) is 5.92 Å². The summed E-state index contributed by atoms with van der Waals surface area (Å²) in [6.07, 6.45) is -2.63. The minimum Gasteiger partial charge on any atom is -0.388 e. The van der Waals surface area contributed by atoms with E-state index in [0.29, 0.717) is 11.5 Å². The molecule has 0 aliphatic rings. The quantitative estimate of drug-likeness (QED) is 0.832. The van der Waals surface area contributed by atoms with Gasteiger partial charge in [-0.05, 0) is 23.5 Å². The van der Waals surface area contributed by atoms with E-state index in [1.54, 1.807) is 12.1 Å². The number of aliphatic hydroxyl groups excluding tert-OH is 1. The summed E-state index contributed by atoms with van der Waals surface area (Å²) < 4.78 is 24.9. The van der Waals surface area contributed by atoms with Crippen LogP contribution in [0.1, 0.15) is 38.0 Å². The average molecular weight is 242 g/mol. The first-order valence-corrected chi connectivity index (χ1v) is 5.97. The van der Waals surface area contributed by atoms with E-state index in [2.05, 4.69) is 13.8 Å². The number of aliphatic hydroxyl groups is 1. The Bertz CT molecular complexity index is 333. The Hall–Kier alpha value is -0.960. The monoisotopic (exact) mass is 242 g/mol. The molecule has 0 aliphatic heterocycles. The molecule has 1 aromatic carbocycles. The predicted molar refractivity (Wildman–Crippen MR) is 65.1 cm³/mol. The highest BCUT2D eigenvalue weighted by Gasteiger charge is 2.24. The van der Waals surface area contributed by atoms with Gasteiger partial charge in [0.2, 0.25) is 6.43 Å². The summed E-state index contributed by atoms with van der Waals surface area (Å²) in [4.78, 5) is 0. The van der Waals surface area contributed by atoms with Crippen LogP contribution in [0.15, 0.2) is 24.3 Å². The normalized spacial score (nSPS) is 15.3. The zero-order chi connectivity index (χ0) is 13.0. The van der Waals surface area contributed by atoms with Crippen LogP contribution in [0.2, 0.25) is 0 Å². The molecule has 96 valence electrons. The van der Waals surface area contributed by atoms with Crippen molar-refractivity contribution in [3.63, 3.8) is 0 Å². The van der Waals surface area contributed by atoms with Gasteiger partial charge in [-0.3, -0.25) is 0 Å². The summed E-state index contributed by atoms with van der Waals surface area (Å²) >= 11 is 0. The van der Waals surface area contributed by atoms with Crippen LogP contribution in [-0.2, 0) is 6.42 Å². The first-order valence-electron chi connectivity index (χ1n) is 5.97. The van der Waals surface area contributed by atoms with E-state index in [1.807, 2.05) is 12.1 Å². The molecule has 1 N–H and O–H groups in total. The number of halogens is 2. The topological polar surface area (TPSA) is 20.2 Å². The summed E-state index contributed by atoms with van der Waals surface area (Å²) in [5, 5.41) is 9.75. The lowest BCUT2D eigenvalue weighted by molar-refractivity contribution is 0.000629. The summed E-state index contributed by atoms with van der Waals surface area (Å²) in [6.45, 7) is 5.61. The van der Waals surface area contributed by atoms with Crippen LogP contribution in [0, 0.1) is 11.8 Å². The molecule has 1 nitrogen and oxygen atoms in total. The van der Waals surface area contributed by atoms with Gasteiger partial charge >= 0.3 is 0 Å². The lowest BCUT2D eigenvalue weighted by Crippen LogP contribution is -2.16. The van der Waals surface area contributed by atoms with Crippen molar-refractivity contribution in [2.24, 2.45) is 11.8 Å². The molecule has 0 amide bonds. The molecule has 2 atom stereocenters. The van der Waals surface area contributed by atoms with Gasteiger partial charge < -0.3 is 5.11 Å². The second kappa shape index (κ2) is 6.10. The fourth-order valence-corrected chi connectivity index (χ4v) is 1.76. The highest BCUT2D eigenvalue weighted by Crippen LogP contribution is 2.27. The van der Waals surface area contributed by atoms with Crippen molar-refractivity contribution >= 4 is 0 Å². The maximum atomic E-state index is 12.5. The Kier molecular flexibility index (Phi) is 5.06. The number of hydrogen-bond acceptors (Lipinski definition) is 1. The molecule has 0 radical (unpaired) electrons. The highest BCUT2D eigenvalue weighted by molar-refractivity contribution is 5.24. The van der Waals surface area contributed by atoms with Gasteiger partial charge in [0.05, 0.1) is 6.10 Å². The third-order valence-corrected chi connectivity index (χ3v) is 2.86. The molecule has 0 saturated carbocycles. The van der Waals surface area contributed by atoms with E-state index < -0.39 is 18.4 Å². The first-order chi connectivity index (χ1) is 7.91. The minimum absolute atomic E-state index is 0.560. The summed E-state index contributed by atoms with van der Waals surface area (Å²) in [6, 6.07) is 7.27. The molecule has 0 fully saturated rings. The van der Waals surface area contributed by atoms with Crippen molar-refractivity contribution in [2.75, 3.05) is 0 Å². The van der Waals surface area contributed by atoms with Gasteiger partial charge in [0.1, 0.15) is 0 Å². The second-order valence-corrected chi connectivity index (χ2v) is 4.98. The lowest BCUT2D eigenvalue weighted by atomic mass is 9.95. The minimum atomic E-state index is -2.50. The third kappa shape index (κ3) is 4.08. The van der Waals surface area contributed by atoms with Gasteiger partial charge in [-0.25, -0.2) is 8.78 Å². The average Bonchev–Trinajstić information content (AvgIpc) is 2.27. The smallest absolute Gasteiger partial charge is 0.243 e. The largest absolute Gasteiger partial charge is 0.388 e. The molecule has 0 saturated heterocycles. The Labute approximate surface area is 101 Å². The standard InChI is InChI=1S/C14H20F2O/c1-9(2)8-11-4-6-12(7-5-11)13(17)10(3)14(15)16/h4-7,9-10,13-14,17H,8H2,1-3H3. The zero-order valence-electron chi connectivity index (χ0n) is 10.5. The maximum absolute atomic E-state index is 12.5. The lowest BCUT2D eigenvalue weighted by Gasteiger charge is -2.18. The van der Waals surface area contributed by atoms with Crippen LogP contribution in [0.3, 0.4) is 0 Å². The summed E-state index contributed by atoms with van der Waals surface area (Å²) in [5.74, 6) is -0.475. The zero-order valence-corrected chi connectivity index (χ0v) is 10.5. The molecule has 0 heterocycles. The van der Waals surface area contributed by atoms with Crippen molar-refractivity contribution in [3.05, 3.63) is 35.4 Å². The number of rotatable bonds is 5. The van der Waals surface area contributed by atoms with Gasteiger partial charge in [-0.2, -0.15) is 0 Å². The van der Waals surface area contributed by atoms with Crippen LogP contribution in [0.5, 0.6) is 0 Å². The Morgan fingerprint density at radius 3 is 2.00 bits per heavy atom. The molecule has 0 aromatic heterocycles. The van der Waals surface area contributed by atoms with Crippen LogP contribution in [-0.4, -0.2) is 11.5 Å². The molecule has 1 rings (SSSR count). The van der Waals surface area contributed by atoms with Gasteiger partial charge in [0.25, 0.3) is 0 Å². The summed E-state index contributed by atoms with van der Waals surface area (Å²) in [7, 11) is 0. The van der Waals surface area contributed by atoms with E-state index in [9.17, 15) is 13.9 Å². The van der Waals surface area contributed by atoms with Crippen molar-refractivity contribution in [2.45, 2.75) is 39.7 Å². The molecule has 0 aliphatic carbocycles. The Morgan fingerprint density at radius 2 is 1.59 bits per heavy atom. The van der Waals surface area contributed by atoms with Crippen molar-refractivity contribution in [1.82, 2.24) is 0 Å². The Morgan fingerprint density at radius 1 is 1.06 bits per heavy atom. The number of benzene rings is 1. The van der Waals surface area contributed by atoms with Gasteiger partial charge in [-0.1, -0.05) is 45.0 Å². The van der Waals surface area contributed by atoms with E-state index in [1.165, 1.54) is 12.5 Å². The van der Waals surface area contributed by atoms with Crippen molar-refractivity contribution in [1.29, 1.82) is 0 Å². The molecule has 3 heteroatoms. The highest BCUT2D eigenvalue weighted by atomic mass is 19.3. The van der Waals surface area contributed by atoms with Gasteiger partial charge in [0.15, 0.2) is 0 Å². The molecular weight excluding hydrogens is 222 g/mol. The first kappa shape index (κ1) is 14.1. The van der Waals surface area contributed by atoms with Gasteiger partial charge in [-0.15, -0.1) is 0 Å². The van der Waals surface area contributed by atoms with E-state index in [-0.39, 0.29) is 0 Å². The fraction of sp³-hybridized carbons (Fsp3) is 0.571. The molecule has 0 bridgehead atoms. The van der Waals surface area contributed by atoms with Crippen LogP contribution < -0.4 is 0 Å². The number of hydrogen-bond donors (Lipinski definition) is 1.